The smallest absolute Gasteiger partial charge is 0.183 e. The number of rotatable bonds is 80. The van der Waals surface area contributed by atoms with E-state index in [1.54, 1.807) is 6.20 Å². The highest BCUT2D eigenvalue weighted by Crippen LogP contribution is 2.13. The maximum Gasteiger partial charge on any atom is 0.183 e. The summed E-state index contributed by atoms with van der Waals surface area (Å²) < 4.78 is 113. The Morgan fingerprint density at radius 2 is 0.398 bits per heavy atom. The average molecular weight is 1280 g/mol. The summed E-state index contributed by atoms with van der Waals surface area (Å²) in [6.45, 7) is 26.0. The van der Waals surface area contributed by atoms with Crippen molar-refractivity contribution < 1.29 is 108 Å². The van der Waals surface area contributed by atoms with Gasteiger partial charge in [0.15, 0.2) is 12.1 Å². The largest absolute Gasteiger partial charge is 0.379 e. The van der Waals surface area contributed by atoms with Gasteiger partial charge in [-0.25, -0.2) is 4.79 Å². The van der Waals surface area contributed by atoms with Crippen LogP contribution in [-0.4, -0.2) is 327 Å². The number of unbranched alkanes of at least 4 members (excludes halogenated alkanes) is 13. The van der Waals surface area contributed by atoms with Crippen molar-refractivity contribution in [3.63, 3.8) is 0 Å². The fourth-order valence-corrected chi connectivity index (χ4v) is 8.22. The molecule has 0 aromatic rings. The Balaban J connectivity index is 3.13. The lowest BCUT2D eigenvalue weighted by Gasteiger charge is -2.31. The monoisotopic (exact) mass is 1280 g/mol. The Hall–Kier alpha value is -1.43. The molecule has 0 N–H and O–H groups in total. The van der Waals surface area contributed by atoms with Gasteiger partial charge in [-0.15, -0.1) is 0 Å². The van der Waals surface area contributed by atoms with Gasteiger partial charge in [0.25, 0.3) is 0 Å². The van der Waals surface area contributed by atoms with Gasteiger partial charge in [0.2, 0.25) is 0 Å². The lowest BCUT2D eigenvalue weighted by Crippen LogP contribution is -2.45. The van der Waals surface area contributed by atoms with Crippen LogP contribution in [0.1, 0.15) is 103 Å². The number of likely N-dealkylation sites (N-methyl/N-ethyl adjacent to an activating group) is 1. The number of quaternary nitrogens is 2. The number of hydrogen-bond donors (Lipinski definition) is 0. The minimum absolute atomic E-state index is 0.489. The quantitative estimate of drug-likeness (QED) is 0.0354. The Bertz CT molecular complexity index is 1360. The molecule has 88 heavy (non-hydrogen) atoms. The molecule has 0 fully saturated rings. The minimum atomic E-state index is 0.489. The average Bonchev–Trinajstić information content (AvgIpc) is 3.60. The van der Waals surface area contributed by atoms with Crippen LogP contribution in [0.3, 0.4) is 0 Å². The molecule has 0 aliphatic carbocycles. The van der Waals surface area contributed by atoms with Gasteiger partial charge in [-0.1, -0.05) is 90.4 Å². The fourth-order valence-electron chi connectivity index (χ4n) is 8.22. The number of ether oxygens (including phenoxy) is 20. The summed E-state index contributed by atoms with van der Waals surface area (Å²) in [7, 11) is 8.41. The van der Waals surface area contributed by atoms with E-state index in [9.17, 15) is 4.79 Å². The van der Waals surface area contributed by atoms with Gasteiger partial charge in [0.1, 0.15) is 6.54 Å². The summed E-state index contributed by atoms with van der Waals surface area (Å²) in [6, 6.07) is 0. The summed E-state index contributed by atoms with van der Waals surface area (Å²) >= 11 is 0. The molecule has 526 valence electrons. The summed E-state index contributed by atoms with van der Waals surface area (Å²) in [5, 5.41) is 0. The molecule has 0 amide bonds. The standard InChI is InChI=1S/C65H132N2O21/c1-6-7-8-9-10-11-12-13-14-15-16-17-18-19-26-69-28-30-71-32-34-73-36-38-75-40-42-77-44-46-79-48-50-81-52-54-83-56-58-85-60-62-87-64-65-88-63-61-86-59-57-84-55-53-82-51-49-80-47-45-78-43-41-76-39-37-74-35-33-72-31-29-70-27-24-67(4,5)22-20-21-66(2,3)23-25-68/h23H,6-22,24,26-65H2,1-5H3/q+2. The van der Waals surface area contributed by atoms with E-state index in [1.807, 2.05) is 20.0 Å². The Kier molecular flexibility index (Phi) is 73.4. The van der Waals surface area contributed by atoms with Crippen LogP contribution >= 0.6 is 0 Å². The van der Waals surface area contributed by atoms with Crippen molar-refractivity contribution in [3.8, 4) is 0 Å². The minimum Gasteiger partial charge on any atom is -0.379 e. The SMILES string of the molecule is CCCCCCCCCCCCCCCCOCCOCCOCCOCCOCCOCCOCCOCCOCCOCCOCCOCCOCCOCCOCCOCCOCCOCCOCCOCC[N+](C)(C)CCC[N+](C)(C)C=C=O. The molecule has 0 saturated heterocycles. The third-order valence-electron chi connectivity index (χ3n) is 13.5. The molecule has 0 heterocycles. The van der Waals surface area contributed by atoms with Gasteiger partial charge in [-0.3, -0.25) is 4.48 Å². The molecular weight excluding hydrogens is 1140 g/mol. The van der Waals surface area contributed by atoms with Crippen LogP contribution in [-0.2, 0) is 99.5 Å². The Labute approximate surface area is 534 Å². The normalized spacial score (nSPS) is 12.1. The van der Waals surface area contributed by atoms with Crippen LogP contribution in [0.5, 0.6) is 0 Å². The maximum absolute atomic E-state index is 10.6. The zero-order valence-electron chi connectivity index (χ0n) is 56.6. The van der Waals surface area contributed by atoms with E-state index in [2.05, 4.69) is 21.0 Å². The molecule has 0 aliphatic heterocycles. The fraction of sp³-hybridized carbons (Fsp3) is 0.969. The molecule has 0 radical (unpaired) electrons. The highest BCUT2D eigenvalue weighted by atomic mass is 16.6. The lowest BCUT2D eigenvalue weighted by atomic mass is 10.0. The van der Waals surface area contributed by atoms with Crippen LogP contribution in [0.25, 0.3) is 0 Å². The van der Waals surface area contributed by atoms with E-state index >= 15 is 0 Å². The molecule has 0 spiro atoms. The highest BCUT2D eigenvalue weighted by molar-refractivity contribution is 5.42. The van der Waals surface area contributed by atoms with Crippen LogP contribution < -0.4 is 0 Å². The van der Waals surface area contributed by atoms with E-state index in [0.29, 0.717) is 262 Å². The van der Waals surface area contributed by atoms with Crippen LogP contribution in [0.2, 0.25) is 0 Å². The van der Waals surface area contributed by atoms with Crippen molar-refractivity contribution >= 4 is 5.94 Å². The van der Waals surface area contributed by atoms with E-state index in [-0.39, 0.29) is 0 Å². The zero-order chi connectivity index (χ0) is 63.6. The Morgan fingerprint density at radius 3 is 0.602 bits per heavy atom. The van der Waals surface area contributed by atoms with Crippen molar-refractivity contribution in [2.75, 3.05) is 312 Å². The molecule has 0 saturated carbocycles. The molecule has 0 bridgehead atoms. The van der Waals surface area contributed by atoms with Gasteiger partial charge >= 0.3 is 0 Å². The van der Waals surface area contributed by atoms with E-state index < -0.39 is 0 Å². The third kappa shape index (κ3) is 77.0. The second-order valence-corrected chi connectivity index (χ2v) is 22.3. The summed E-state index contributed by atoms with van der Waals surface area (Å²) in [5.74, 6) is 1.89. The summed E-state index contributed by atoms with van der Waals surface area (Å²) in [4.78, 5) is 10.6. The van der Waals surface area contributed by atoms with Crippen molar-refractivity contribution in [2.24, 2.45) is 0 Å². The van der Waals surface area contributed by atoms with Crippen LogP contribution in [0, 0.1) is 0 Å². The van der Waals surface area contributed by atoms with Crippen molar-refractivity contribution in [1.29, 1.82) is 0 Å². The molecule has 0 atom stereocenters. The molecule has 0 rings (SSSR count). The second-order valence-electron chi connectivity index (χ2n) is 22.3. The first-order valence-electron chi connectivity index (χ1n) is 33.7. The van der Waals surface area contributed by atoms with Crippen molar-refractivity contribution in [1.82, 2.24) is 0 Å². The molecular formula is C65H132N2O21+2. The molecule has 0 aromatic heterocycles. The van der Waals surface area contributed by atoms with Gasteiger partial charge in [0, 0.05) is 13.0 Å². The summed E-state index contributed by atoms with van der Waals surface area (Å²) in [6.07, 6.45) is 21.7. The van der Waals surface area contributed by atoms with Gasteiger partial charge in [-0.2, -0.15) is 0 Å². The summed E-state index contributed by atoms with van der Waals surface area (Å²) in [5.41, 5.74) is 0. The van der Waals surface area contributed by atoms with Crippen molar-refractivity contribution in [3.05, 3.63) is 6.20 Å². The highest BCUT2D eigenvalue weighted by Gasteiger charge is 2.18. The predicted octanol–water partition coefficient (Wildman–Crippen LogP) is 6.69. The predicted molar refractivity (Wildman–Crippen MR) is 340 cm³/mol. The third-order valence-corrected chi connectivity index (χ3v) is 13.5. The molecule has 23 nitrogen and oxygen atoms in total. The van der Waals surface area contributed by atoms with Crippen LogP contribution in [0.4, 0.5) is 0 Å². The topological polar surface area (TPSA) is 202 Å². The molecule has 23 heteroatoms. The van der Waals surface area contributed by atoms with Gasteiger partial charge in [0.05, 0.1) is 299 Å². The van der Waals surface area contributed by atoms with E-state index in [4.69, 9.17) is 94.7 Å². The first-order chi connectivity index (χ1) is 43.3. The number of carbonyl (C=O) groups excluding carboxylic acids is 1. The molecule has 0 aliphatic rings. The molecule has 0 aromatic carbocycles. The van der Waals surface area contributed by atoms with Gasteiger partial charge < -0.3 is 99.2 Å². The van der Waals surface area contributed by atoms with Gasteiger partial charge in [-0.05, 0) is 6.42 Å². The number of nitrogens with zero attached hydrogens (tertiary/aromatic N) is 2. The second kappa shape index (κ2) is 74.6. The molecule has 0 unspecified atom stereocenters. The van der Waals surface area contributed by atoms with Crippen LogP contribution in [0.15, 0.2) is 6.20 Å². The first-order valence-corrected chi connectivity index (χ1v) is 33.7. The zero-order valence-corrected chi connectivity index (χ0v) is 56.6. The van der Waals surface area contributed by atoms with Crippen molar-refractivity contribution in [2.45, 2.75) is 103 Å². The Morgan fingerprint density at radius 1 is 0.216 bits per heavy atom. The number of hydrogen-bond acceptors (Lipinski definition) is 21. The van der Waals surface area contributed by atoms with E-state index in [0.717, 1.165) is 43.6 Å². The lowest BCUT2D eigenvalue weighted by molar-refractivity contribution is -0.897. The van der Waals surface area contributed by atoms with E-state index in [1.165, 1.54) is 83.5 Å². The maximum atomic E-state index is 10.6. The first kappa shape index (κ1) is 86.6.